The second kappa shape index (κ2) is 7.70. The van der Waals surface area contributed by atoms with Crippen LogP contribution >= 0.6 is 0 Å². The van der Waals surface area contributed by atoms with Crippen molar-refractivity contribution >= 4 is 15.7 Å². The van der Waals surface area contributed by atoms with Crippen LogP contribution < -0.4 is 10.0 Å². The van der Waals surface area contributed by atoms with Crippen molar-refractivity contribution in [1.29, 1.82) is 5.26 Å². The molecule has 1 atom stereocenters. The van der Waals surface area contributed by atoms with Gasteiger partial charge in [0.2, 0.25) is 10.0 Å². The van der Waals surface area contributed by atoms with E-state index in [2.05, 4.69) is 15.9 Å². The summed E-state index contributed by atoms with van der Waals surface area (Å²) in [5.41, 5.74) is 1.15. The fourth-order valence-corrected chi connectivity index (χ4v) is 4.18. The predicted molar refractivity (Wildman–Crippen MR) is 94.7 cm³/mol. The molecule has 0 spiro atoms. The van der Waals surface area contributed by atoms with Crippen LogP contribution in [0.4, 0.5) is 5.69 Å². The van der Waals surface area contributed by atoms with E-state index in [-0.39, 0.29) is 4.90 Å². The molecule has 7 nitrogen and oxygen atoms in total. The molecule has 0 aliphatic carbocycles. The van der Waals surface area contributed by atoms with E-state index in [1.165, 1.54) is 18.6 Å². The van der Waals surface area contributed by atoms with Crippen LogP contribution in [-0.2, 0) is 14.8 Å². The van der Waals surface area contributed by atoms with Crippen LogP contribution in [0.2, 0.25) is 0 Å². The van der Waals surface area contributed by atoms with Crippen molar-refractivity contribution in [3.05, 3.63) is 23.8 Å². The monoisotopic (exact) mass is 364 g/mol. The fraction of sp³-hybridized carbons (Fsp3) is 0.588. The van der Waals surface area contributed by atoms with E-state index < -0.39 is 10.0 Å². The van der Waals surface area contributed by atoms with E-state index in [9.17, 15) is 13.7 Å². The Morgan fingerprint density at radius 2 is 2.04 bits per heavy atom. The number of hydrogen-bond acceptors (Lipinski definition) is 6. The van der Waals surface area contributed by atoms with Gasteiger partial charge in [0.05, 0.1) is 29.4 Å². The molecule has 136 valence electrons. The van der Waals surface area contributed by atoms with E-state index >= 15 is 0 Å². The lowest BCUT2D eigenvalue weighted by Gasteiger charge is -2.38. The van der Waals surface area contributed by atoms with Crippen LogP contribution in [0, 0.1) is 17.2 Å². The van der Waals surface area contributed by atoms with Crippen LogP contribution in [-0.4, -0.2) is 59.3 Å². The first-order chi connectivity index (χ1) is 12.0. The Morgan fingerprint density at radius 3 is 2.72 bits per heavy atom. The van der Waals surface area contributed by atoms with Crippen molar-refractivity contribution in [3.8, 4) is 6.07 Å². The number of benzene rings is 1. The molecule has 1 unspecified atom stereocenters. The van der Waals surface area contributed by atoms with Gasteiger partial charge in [-0.05, 0) is 37.0 Å². The van der Waals surface area contributed by atoms with E-state index in [1.54, 1.807) is 6.07 Å². The molecule has 0 saturated carbocycles. The molecule has 2 aliphatic heterocycles. The molecule has 8 heteroatoms. The minimum absolute atomic E-state index is 0.0188. The summed E-state index contributed by atoms with van der Waals surface area (Å²) in [7, 11) is -3.80. The summed E-state index contributed by atoms with van der Waals surface area (Å²) in [4.78, 5) is 4.61. The number of sulfonamides is 1. The van der Waals surface area contributed by atoms with Gasteiger partial charge in [0.25, 0.3) is 0 Å². The fourth-order valence-electron chi connectivity index (χ4n) is 3.64. The zero-order valence-electron chi connectivity index (χ0n) is 14.2. The number of nitriles is 1. The Hall–Kier alpha value is -1.66. The second-order valence-electron chi connectivity index (χ2n) is 6.70. The van der Waals surface area contributed by atoms with Crippen molar-refractivity contribution in [2.45, 2.75) is 17.7 Å². The lowest BCUT2D eigenvalue weighted by atomic mass is 9.96. The highest BCUT2D eigenvalue weighted by molar-refractivity contribution is 7.89. The van der Waals surface area contributed by atoms with Gasteiger partial charge >= 0.3 is 0 Å². The van der Waals surface area contributed by atoms with Gasteiger partial charge in [-0.15, -0.1) is 0 Å². The molecule has 0 aromatic heterocycles. The summed E-state index contributed by atoms with van der Waals surface area (Å²) in [5.74, 6) is 0.538. The van der Waals surface area contributed by atoms with Gasteiger partial charge in [0.15, 0.2) is 0 Å². The first kappa shape index (κ1) is 18.1. The Bertz CT molecular complexity index is 754. The molecule has 3 rings (SSSR count). The first-order valence-electron chi connectivity index (χ1n) is 8.59. The van der Waals surface area contributed by atoms with Gasteiger partial charge < -0.3 is 9.64 Å². The lowest BCUT2D eigenvalue weighted by Crippen LogP contribution is -2.44. The average molecular weight is 364 g/mol. The van der Waals surface area contributed by atoms with Crippen molar-refractivity contribution in [3.63, 3.8) is 0 Å². The highest BCUT2D eigenvalue weighted by Crippen LogP contribution is 2.28. The molecule has 2 aliphatic rings. The Balaban J connectivity index is 1.73. The smallest absolute Gasteiger partial charge is 0.238 e. The van der Waals surface area contributed by atoms with Gasteiger partial charge in [0.1, 0.15) is 6.07 Å². The highest BCUT2D eigenvalue weighted by atomic mass is 32.2. The number of nitrogens with two attached hydrogens (primary N) is 1. The molecule has 0 amide bonds. The van der Waals surface area contributed by atoms with Gasteiger partial charge in [0, 0.05) is 32.7 Å². The van der Waals surface area contributed by atoms with Crippen molar-refractivity contribution < 1.29 is 13.2 Å². The summed E-state index contributed by atoms with van der Waals surface area (Å²) in [6.45, 7) is 6.33. The van der Waals surface area contributed by atoms with Crippen molar-refractivity contribution in [1.82, 2.24) is 4.90 Å². The van der Waals surface area contributed by atoms with Crippen LogP contribution in [0.15, 0.2) is 23.1 Å². The maximum Gasteiger partial charge on any atom is 0.238 e. The van der Waals surface area contributed by atoms with Crippen LogP contribution in [0.5, 0.6) is 0 Å². The third-order valence-corrected chi connectivity index (χ3v) is 5.81. The number of nitrogens with zero attached hydrogens (tertiary/aromatic N) is 3. The molecule has 2 N–H and O–H groups in total. The molecule has 25 heavy (non-hydrogen) atoms. The number of ether oxygens (including phenoxy) is 1. The molecule has 0 radical (unpaired) electrons. The normalized spacial score (nSPS) is 22.6. The van der Waals surface area contributed by atoms with Gasteiger partial charge in [-0.1, -0.05) is 0 Å². The maximum atomic E-state index is 11.5. The maximum absolute atomic E-state index is 11.5. The number of rotatable bonds is 4. The average Bonchev–Trinajstić information content (AvgIpc) is 2.61. The highest BCUT2D eigenvalue weighted by Gasteiger charge is 2.25. The predicted octanol–water partition coefficient (Wildman–Crippen LogP) is 0.754. The minimum atomic E-state index is -3.80. The molecule has 2 saturated heterocycles. The SMILES string of the molecule is N#Cc1cc(S(N)(=O)=O)ccc1N1CCCC(CN2CCOCC2)C1. The van der Waals surface area contributed by atoms with E-state index in [0.717, 1.165) is 58.0 Å². The number of hydrogen-bond donors (Lipinski definition) is 1. The number of piperidine rings is 1. The van der Waals surface area contributed by atoms with Crippen LogP contribution in [0.1, 0.15) is 18.4 Å². The Morgan fingerprint density at radius 1 is 1.28 bits per heavy atom. The number of anilines is 1. The van der Waals surface area contributed by atoms with Crippen molar-refractivity contribution in [2.24, 2.45) is 11.1 Å². The van der Waals surface area contributed by atoms with E-state index in [0.29, 0.717) is 11.5 Å². The third kappa shape index (κ3) is 4.50. The molecular formula is C17H24N4O3S. The lowest BCUT2D eigenvalue weighted by molar-refractivity contribution is 0.0296. The molecule has 0 bridgehead atoms. The second-order valence-corrected chi connectivity index (χ2v) is 8.26. The number of morpholine rings is 1. The largest absolute Gasteiger partial charge is 0.379 e. The topological polar surface area (TPSA) is 99.7 Å². The van der Waals surface area contributed by atoms with Crippen LogP contribution in [0.3, 0.4) is 0 Å². The Kier molecular flexibility index (Phi) is 5.59. The quantitative estimate of drug-likeness (QED) is 0.846. The van der Waals surface area contributed by atoms with Gasteiger partial charge in [-0.2, -0.15) is 5.26 Å². The first-order valence-corrected chi connectivity index (χ1v) is 10.1. The van der Waals surface area contributed by atoms with Crippen LogP contribution in [0.25, 0.3) is 0 Å². The molecule has 1 aromatic carbocycles. The standard InChI is InChI=1S/C17H24N4O3S/c18-11-15-10-16(25(19,22)23)3-4-17(15)21-5-1-2-14(13-21)12-20-6-8-24-9-7-20/h3-4,10,14H,1-2,5-9,12-13H2,(H2,19,22,23). The summed E-state index contributed by atoms with van der Waals surface area (Å²) >= 11 is 0. The van der Waals surface area contributed by atoms with Crippen molar-refractivity contribution in [2.75, 3.05) is 50.8 Å². The molecule has 2 fully saturated rings. The Labute approximate surface area is 149 Å². The summed E-state index contributed by atoms with van der Waals surface area (Å²) < 4.78 is 28.4. The minimum Gasteiger partial charge on any atom is -0.379 e. The van der Waals surface area contributed by atoms with Gasteiger partial charge in [-0.25, -0.2) is 13.6 Å². The molecule has 2 heterocycles. The summed E-state index contributed by atoms with van der Waals surface area (Å²) in [6.07, 6.45) is 2.24. The zero-order chi connectivity index (χ0) is 17.9. The van der Waals surface area contributed by atoms with E-state index in [4.69, 9.17) is 9.88 Å². The van der Waals surface area contributed by atoms with E-state index in [1.807, 2.05) is 0 Å². The molecular weight excluding hydrogens is 340 g/mol. The third-order valence-electron chi connectivity index (χ3n) is 4.90. The van der Waals surface area contributed by atoms with Gasteiger partial charge in [-0.3, -0.25) is 4.90 Å². The summed E-state index contributed by atoms with van der Waals surface area (Å²) in [6, 6.07) is 6.67. The summed E-state index contributed by atoms with van der Waals surface area (Å²) in [5, 5.41) is 14.6. The molecule has 1 aromatic rings. The zero-order valence-corrected chi connectivity index (χ0v) is 15.0. The number of primary sulfonamides is 1.